The molecule has 1 amide bonds. The molecule has 1 N–H and O–H groups in total. The van der Waals surface area contributed by atoms with Gasteiger partial charge in [0, 0.05) is 0 Å². The van der Waals surface area contributed by atoms with Crippen LogP contribution in [0.5, 0.6) is 0 Å². The van der Waals surface area contributed by atoms with Crippen LogP contribution in [0.3, 0.4) is 0 Å². The molecule has 1 aromatic carbocycles. The van der Waals surface area contributed by atoms with E-state index in [1.807, 2.05) is 5.71 Å². The molecule has 0 fully saturated rings. The van der Waals surface area contributed by atoms with Crippen LogP contribution in [-0.2, 0) is 0 Å². The molecule has 1 unspecified atom stereocenters. The van der Waals surface area contributed by atoms with Crippen LogP contribution in [-0.4, -0.2) is 31.9 Å². The Labute approximate surface area is 129 Å². The van der Waals surface area contributed by atoms with Crippen molar-refractivity contribution in [2.75, 3.05) is 5.32 Å². The summed E-state index contributed by atoms with van der Waals surface area (Å²) >= 11 is -0.764. The van der Waals surface area contributed by atoms with Crippen molar-refractivity contribution in [3.63, 3.8) is 0 Å². The van der Waals surface area contributed by atoms with Crippen molar-refractivity contribution in [1.29, 1.82) is 0 Å². The molecule has 116 valence electrons. The average molecular weight is 375 g/mol. The SMILES string of the molecule is C[AsH]c1cc(F)c(F)cc1NC(=O)c1cnnc(C(F)F)c1. The molecule has 0 spiro atoms. The van der Waals surface area contributed by atoms with Crippen molar-refractivity contribution < 1.29 is 22.4 Å². The average Bonchev–Trinajstić information content (AvgIpc) is 2.50. The number of benzene rings is 1. The maximum atomic E-state index is 13.3. The van der Waals surface area contributed by atoms with Gasteiger partial charge in [0.1, 0.15) is 0 Å². The minimum atomic E-state index is -2.86. The Morgan fingerprint density at radius 3 is 2.55 bits per heavy atom. The Balaban J connectivity index is 2.29. The van der Waals surface area contributed by atoms with Crippen LogP contribution in [0.4, 0.5) is 23.2 Å². The fourth-order valence-electron chi connectivity index (χ4n) is 1.67. The molecule has 0 radical (unpaired) electrons. The fourth-order valence-corrected chi connectivity index (χ4v) is 3.08. The number of amides is 1. The number of nitrogens with zero attached hydrogens (tertiary/aromatic N) is 2. The third-order valence-corrected chi connectivity index (χ3v) is 4.74. The van der Waals surface area contributed by atoms with E-state index in [0.717, 1.165) is 24.4 Å². The molecule has 0 aliphatic rings. The van der Waals surface area contributed by atoms with Gasteiger partial charge in [0.2, 0.25) is 0 Å². The zero-order chi connectivity index (χ0) is 16.3. The van der Waals surface area contributed by atoms with Gasteiger partial charge in [-0.15, -0.1) is 0 Å². The number of anilines is 1. The fraction of sp³-hybridized carbons (Fsp3) is 0.154. The van der Waals surface area contributed by atoms with E-state index in [-0.39, 0.29) is 11.3 Å². The first kappa shape index (κ1) is 16.4. The summed E-state index contributed by atoms with van der Waals surface area (Å²) < 4.78 is 52.0. The normalized spacial score (nSPS) is 11.4. The van der Waals surface area contributed by atoms with Crippen molar-refractivity contribution in [3.8, 4) is 0 Å². The van der Waals surface area contributed by atoms with Gasteiger partial charge in [0.05, 0.1) is 0 Å². The molecular weight excluding hydrogens is 365 g/mol. The Morgan fingerprint density at radius 1 is 1.23 bits per heavy atom. The molecule has 1 heterocycles. The Hall–Kier alpha value is -1.95. The molecule has 2 rings (SSSR count). The standard InChI is InChI=1S/C13H10AsF4N3O/c1-14-7-3-8(15)9(16)4-10(7)20-13(22)6-2-11(12(17)18)21-19-5-6/h2-5,12,14H,1H3,(H,20,22). The molecule has 1 aromatic heterocycles. The molecule has 0 aliphatic heterocycles. The summed E-state index contributed by atoms with van der Waals surface area (Å²) in [5.41, 5.74) is 1.17. The van der Waals surface area contributed by atoms with E-state index in [2.05, 4.69) is 15.5 Å². The molecule has 4 nitrogen and oxygen atoms in total. The number of aromatic nitrogens is 2. The molecule has 0 aliphatic carbocycles. The molecule has 0 saturated carbocycles. The van der Waals surface area contributed by atoms with E-state index < -0.39 is 45.4 Å². The summed E-state index contributed by atoms with van der Waals surface area (Å²) in [7, 11) is 0. The molecule has 0 saturated heterocycles. The summed E-state index contributed by atoms with van der Waals surface area (Å²) in [5, 5.41) is 8.92. The number of rotatable bonds is 4. The predicted molar refractivity (Wildman–Crippen MR) is 73.9 cm³/mol. The van der Waals surface area contributed by atoms with Gasteiger partial charge < -0.3 is 0 Å². The number of alkyl halides is 2. The van der Waals surface area contributed by atoms with E-state index >= 15 is 0 Å². The van der Waals surface area contributed by atoms with Crippen LogP contribution >= 0.6 is 0 Å². The summed E-state index contributed by atoms with van der Waals surface area (Å²) in [6, 6.07) is 2.80. The van der Waals surface area contributed by atoms with E-state index in [0.29, 0.717) is 4.35 Å². The number of hydrogen-bond acceptors (Lipinski definition) is 3. The van der Waals surface area contributed by atoms with Gasteiger partial charge in [-0.3, -0.25) is 0 Å². The van der Waals surface area contributed by atoms with E-state index in [1.54, 1.807) is 0 Å². The van der Waals surface area contributed by atoms with Crippen LogP contribution in [0, 0.1) is 11.6 Å². The second-order valence-electron chi connectivity index (χ2n) is 4.19. The van der Waals surface area contributed by atoms with Crippen molar-refractivity contribution >= 4 is 31.7 Å². The topological polar surface area (TPSA) is 54.9 Å². The Morgan fingerprint density at radius 2 is 1.91 bits per heavy atom. The van der Waals surface area contributed by atoms with Crippen LogP contribution in [0.2, 0.25) is 5.71 Å². The number of nitrogens with one attached hydrogen (secondary N) is 1. The van der Waals surface area contributed by atoms with Gasteiger partial charge in [-0.25, -0.2) is 0 Å². The van der Waals surface area contributed by atoms with Gasteiger partial charge in [0.15, 0.2) is 0 Å². The van der Waals surface area contributed by atoms with Crippen LogP contribution in [0.15, 0.2) is 24.4 Å². The molecule has 9 heteroatoms. The molecule has 1 atom stereocenters. The summed E-state index contributed by atoms with van der Waals surface area (Å²) in [4.78, 5) is 12.0. The summed E-state index contributed by atoms with van der Waals surface area (Å²) in [5.74, 6) is -2.84. The molecular formula is C13H10AsF4N3O. The van der Waals surface area contributed by atoms with E-state index in [1.165, 1.54) is 0 Å². The van der Waals surface area contributed by atoms with Crippen molar-refractivity contribution in [3.05, 3.63) is 47.3 Å². The van der Waals surface area contributed by atoms with Gasteiger partial charge in [-0.2, -0.15) is 0 Å². The first-order valence-corrected chi connectivity index (χ1v) is 9.16. The summed E-state index contributed by atoms with van der Waals surface area (Å²) in [6.07, 6.45) is -1.84. The number of carbonyl (C=O) groups excluding carboxylic acids is 1. The van der Waals surface area contributed by atoms with Crippen molar-refractivity contribution in [2.45, 2.75) is 12.1 Å². The van der Waals surface area contributed by atoms with Gasteiger partial charge in [-0.05, 0) is 0 Å². The molecule has 2 aromatic rings. The second-order valence-corrected chi connectivity index (χ2v) is 6.37. The van der Waals surface area contributed by atoms with Crippen LogP contribution in [0.1, 0.15) is 22.5 Å². The Kier molecular flexibility index (Phi) is 5.13. The van der Waals surface area contributed by atoms with Gasteiger partial charge >= 0.3 is 129 Å². The third kappa shape index (κ3) is 3.62. The number of halogens is 4. The third-order valence-electron chi connectivity index (χ3n) is 2.74. The number of hydrogen-bond donors (Lipinski definition) is 1. The van der Waals surface area contributed by atoms with Crippen molar-refractivity contribution in [2.24, 2.45) is 0 Å². The quantitative estimate of drug-likeness (QED) is 0.658. The first-order chi connectivity index (χ1) is 10.4. The first-order valence-electron chi connectivity index (χ1n) is 6.01. The zero-order valence-corrected chi connectivity index (χ0v) is 13.3. The van der Waals surface area contributed by atoms with Gasteiger partial charge in [-0.1, -0.05) is 0 Å². The van der Waals surface area contributed by atoms with E-state index in [9.17, 15) is 22.4 Å². The monoisotopic (exact) mass is 375 g/mol. The second kappa shape index (κ2) is 6.87. The van der Waals surface area contributed by atoms with Crippen molar-refractivity contribution in [1.82, 2.24) is 10.2 Å². The summed E-state index contributed by atoms with van der Waals surface area (Å²) in [6.45, 7) is 0. The predicted octanol–water partition coefficient (Wildman–Crippen LogP) is 2.05. The minimum absolute atomic E-state index is 0.127. The Bertz CT molecular complexity index is 712. The maximum absolute atomic E-state index is 13.3. The zero-order valence-electron chi connectivity index (χ0n) is 11.2. The number of carbonyl (C=O) groups is 1. The molecule has 0 bridgehead atoms. The molecule has 22 heavy (non-hydrogen) atoms. The van der Waals surface area contributed by atoms with Crippen LogP contribution < -0.4 is 9.67 Å². The van der Waals surface area contributed by atoms with Crippen LogP contribution in [0.25, 0.3) is 0 Å². The van der Waals surface area contributed by atoms with E-state index in [4.69, 9.17) is 0 Å². The van der Waals surface area contributed by atoms with Gasteiger partial charge in [0.25, 0.3) is 0 Å².